The van der Waals surface area contributed by atoms with Crippen LogP contribution < -0.4 is 0 Å². The molecule has 1 aromatic rings. The Morgan fingerprint density at radius 1 is 1.26 bits per heavy atom. The van der Waals surface area contributed by atoms with Crippen LogP contribution in [0.2, 0.25) is 0 Å². The monoisotopic (exact) mass is 318 g/mol. The van der Waals surface area contributed by atoms with Crippen molar-refractivity contribution in [1.29, 1.82) is 0 Å². The number of β-amino-alcohol motifs (C(OH)–C–C–N with tert-alkyl or cyclic N) is 1. The van der Waals surface area contributed by atoms with E-state index >= 15 is 0 Å². The molecule has 2 saturated heterocycles. The second-order valence-electron chi connectivity index (χ2n) is 6.76. The smallest absolute Gasteiger partial charge is 0.323 e. The molecule has 23 heavy (non-hydrogen) atoms. The number of ether oxygens (including phenoxy) is 1. The van der Waals surface area contributed by atoms with Gasteiger partial charge in [0.15, 0.2) is 0 Å². The first-order valence-corrected chi connectivity index (χ1v) is 8.46. The maximum absolute atomic E-state index is 11.9. The number of carbonyl (C=O) groups excluding carboxylic acids is 1. The molecule has 5 heteroatoms. The maximum Gasteiger partial charge on any atom is 0.323 e. The molecule has 1 aromatic carbocycles. The van der Waals surface area contributed by atoms with Gasteiger partial charge in [0.05, 0.1) is 6.10 Å². The molecule has 5 nitrogen and oxygen atoms in total. The minimum Gasteiger partial charge on any atom is -0.461 e. The van der Waals surface area contributed by atoms with Crippen LogP contribution >= 0.6 is 0 Å². The van der Waals surface area contributed by atoms with Gasteiger partial charge in [-0.2, -0.15) is 0 Å². The molecule has 2 aliphatic heterocycles. The normalized spacial score (nSPS) is 31.1. The van der Waals surface area contributed by atoms with Crippen molar-refractivity contribution in [3.05, 3.63) is 35.9 Å². The summed E-state index contributed by atoms with van der Waals surface area (Å²) in [4.78, 5) is 16.5. The minimum atomic E-state index is -0.471. The van der Waals surface area contributed by atoms with E-state index in [1.807, 2.05) is 37.3 Å². The summed E-state index contributed by atoms with van der Waals surface area (Å²) in [6.07, 6.45) is 0.348. The number of aliphatic hydroxyl groups is 1. The first-order valence-electron chi connectivity index (χ1n) is 8.46. The molecule has 4 atom stereocenters. The van der Waals surface area contributed by atoms with Crippen LogP contribution in [-0.4, -0.2) is 65.2 Å². The van der Waals surface area contributed by atoms with E-state index < -0.39 is 6.10 Å². The second kappa shape index (κ2) is 6.99. The highest BCUT2D eigenvalue weighted by atomic mass is 16.6. The summed E-state index contributed by atoms with van der Waals surface area (Å²) in [5, 5.41) is 10.4. The fourth-order valence-electron chi connectivity index (χ4n) is 3.61. The summed E-state index contributed by atoms with van der Waals surface area (Å²) in [6, 6.07) is 10.0. The van der Waals surface area contributed by atoms with E-state index in [2.05, 4.69) is 16.7 Å². The molecule has 0 amide bonds. The molecule has 126 valence electrons. The van der Waals surface area contributed by atoms with Gasteiger partial charge in [-0.05, 0) is 19.4 Å². The lowest BCUT2D eigenvalue weighted by Gasteiger charge is -2.42. The van der Waals surface area contributed by atoms with Gasteiger partial charge < -0.3 is 9.84 Å². The largest absolute Gasteiger partial charge is 0.461 e. The number of benzene rings is 1. The third kappa shape index (κ3) is 3.74. The summed E-state index contributed by atoms with van der Waals surface area (Å²) in [7, 11) is 0. The Hall–Kier alpha value is -1.43. The molecule has 0 unspecified atom stereocenters. The van der Waals surface area contributed by atoms with Gasteiger partial charge in [0, 0.05) is 38.6 Å². The van der Waals surface area contributed by atoms with Gasteiger partial charge in [-0.1, -0.05) is 30.3 Å². The van der Waals surface area contributed by atoms with E-state index in [1.54, 1.807) is 0 Å². The summed E-state index contributed by atoms with van der Waals surface area (Å²) >= 11 is 0. The highest BCUT2D eigenvalue weighted by Crippen LogP contribution is 2.24. The molecule has 0 spiro atoms. The zero-order chi connectivity index (χ0) is 16.4. The number of aliphatic hydroxyl groups excluding tert-OH is 1. The molecule has 2 heterocycles. The molecule has 1 N–H and O–H groups in total. The zero-order valence-corrected chi connectivity index (χ0v) is 13.9. The van der Waals surface area contributed by atoms with Crippen molar-refractivity contribution in [2.75, 3.05) is 26.2 Å². The number of esters is 1. The quantitative estimate of drug-likeness (QED) is 0.851. The van der Waals surface area contributed by atoms with Crippen LogP contribution in [0.1, 0.15) is 31.9 Å². The SMILES string of the molecule is C[C@@H]1C[C@H](N2CCN(C[C@@H](O)c3ccccc3)[C@@H](C)C2)C(=O)O1. The van der Waals surface area contributed by atoms with Crippen molar-refractivity contribution in [1.82, 2.24) is 9.80 Å². The van der Waals surface area contributed by atoms with Gasteiger partial charge in [-0.25, -0.2) is 0 Å². The van der Waals surface area contributed by atoms with E-state index in [1.165, 1.54) is 0 Å². The summed E-state index contributed by atoms with van der Waals surface area (Å²) in [5.41, 5.74) is 0.954. The predicted molar refractivity (Wildman–Crippen MR) is 88.0 cm³/mol. The van der Waals surface area contributed by atoms with Crippen LogP contribution in [0.15, 0.2) is 30.3 Å². The number of cyclic esters (lactones) is 1. The van der Waals surface area contributed by atoms with Crippen molar-refractivity contribution in [2.45, 2.75) is 44.6 Å². The van der Waals surface area contributed by atoms with Crippen LogP contribution in [-0.2, 0) is 9.53 Å². The number of piperazine rings is 1. The first kappa shape index (κ1) is 16.4. The lowest BCUT2D eigenvalue weighted by Crippen LogP contribution is -2.56. The van der Waals surface area contributed by atoms with Gasteiger partial charge in [-0.15, -0.1) is 0 Å². The molecule has 0 aromatic heterocycles. The maximum atomic E-state index is 11.9. The molecule has 2 aliphatic rings. The highest BCUT2D eigenvalue weighted by Gasteiger charge is 2.39. The number of hydrogen-bond donors (Lipinski definition) is 1. The van der Waals surface area contributed by atoms with Crippen LogP contribution in [0.4, 0.5) is 0 Å². The molecular weight excluding hydrogens is 292 g/mol. The Morgan fingerprint density at radius 3 is 2.61 bits per heavy atom. The van der Waals surface area contributed by atoms with Crippen LogP contribution in [0.25, 0.3) is 0 Å². The molecule has 0 saturated carbocycles. The van der Waals surface area contributed by atoms with Crippen LogP contribution in [0, 0.1) is 0 Å². The molecule has 0 bridgehead atoms. The van der Waals surface area contributed by atoms with Gasteiger partial charge in [0.1, 0.15) is 12.1 Å². The van der Waals surface area contributed by atoms with Gasteiger partial charge in [0.2, 0.25) is 0 Å². The molecule has 2 fully saturated rings. The average Bonchev–Trinajstić information content (AvgIpc) is 2.88. The zero-order valence-electron chi connectivity index (χ0n) is 13.9. The molecular formula is C18H26N2O3. The Morgan fingerprint density at radius 2 is 2.00 bits per heavy atom. The summed E-state index contributed by atoms with van der Waals surface area (Å²) in [5.74, 6) is -0.0810. The molecule has 0 aliphatic carbocycles. The van der Waals surface area contributed by atoms with Crippen molar-refractivity contribution >= 4 is 5.97 Å². The lowest BCUT2D eigenvalue weighted by molar-refractivity contribution is -0.145. The lowest BCUT2D eigenvalue weighted by atomic mass is 10.1. The number of hydrogen-bond acceptors (Lipinski definition) is 5. The Labute approximate surface area is 137 Å². The van der Waals surface area contributed by atoms with Crippen LogP contribution in [0.5, 0.6) is 0 Å². The average molecular weight is 318 g/mol. The van der Waals surface area contributed by atoms with E-state index in [9.17, 15) is 9.90 Å². The van der Waals surface area contributed by atoms with Gasteiger partial charge >= 0.3 is 5.97 Å². The van der Waals surface area contributed by atoms with E-state index in [0.717, 1.165) is 31.6 Å². The minimum absolute atomic E-state index is 0.0285. The van der Waals surface area contributed by atoms with Crippen molar-refractivity contribution in [2.24, 2.45) is 0 Å². The first-order chi connectivity index (χ1) is 11.0. The van der Waals surface area contributed by atoms with Crippen molar-refractivity contribution in [3.63, 3.8) is 0 Å². The third-order valence-electron chi connectivity index (χ3n) is 4.97. The van der Waals surface area contributed by atoms with Crippen molar-refractivity contribution in [3.8, 4) is 0 Å². The number of carbonyl (C=O) groups is 1. The Balaban J connectivity index is 1.56. The fourth-order valence-corrected chi connectivity index (χ4v) is 3.61. The van der Waals surface area contributed by atoms with Gasteiger partial charge in [-0.3, -0.25) is 14.6 Å². The van der Waals surface area contributed by atoms with E-state index in [4.69, 9.17) is 4.74 Å². The van der Waals surface area contributed by atoms with Gasteiger partial charge in [0.25, 0.3) is 0 Å². The van der Waals surface area contributed by atoms with E-state index in [0.29, 0.717) is 12.6 Å². The Kier molecular flexibility index (Phi) is 4.99. The fraction of sp³-hybridized carbons (Fsp3) is 0.611. The Bertz CT molecular complexity index is 536. The van der Waals surface area contributed by atoms with Crippen molar-refractivity contribution < 1.29 is 14.6 Å². The molecule has 0 radical (unpaired) electrons. The summed E-state index contributed by atoms with van der Waals surface area (Å²) < 4.78 is 5.28. The number of nitrogens with zero attached hydrogens (tertiary/aromatic N) is 2. The number of rotatable bonds is 4. The highest BCUT2D eigenvalue weighted by molar-refractivity contribution is 5.78. The topological polar surface area (TPSA) is 53.0 Å². The summed E-state index contributed by atoms with van der Waals surface area (Å²) in [6.45, 7) is 7.29. The molecule has 3 rings (SSSR count). The third-order valence-corrected chi connectivity index (χ3v) is 4.97. The van der Waals surface area contributed by atoms with E-state index in [-0.39, 0.29) is 18.1 Å². The standard InChI is InChI=1S/C18H26N2O3/c1-13-11-20(16-10-14(2)23-18(16)22)9-8-19(13)12-17(21)15-6-4-3-5-7-15/h3-7,13-14,16-17,21H,8-12H2,1-2H3/t13-,14+,16-,17+/m0/s1. The predicted octanol–water partition coefficient (Wildman–Crippen LogP) is 1.43. The second-order valence-corrected chi connectivity index (χ2v) is 6.76. The van der Waals surface area contributed by atoms with Crippen LogP contribution in [0.3, 0.4) is 0 Å².